The van der Waals surface area contributed by atoms with E-state index in [1.807, 2.05) is 7.05 Å². The Morgan fingerprint density at radius 1 is 1.14 bits per heavy atom. The number of aliphatic carboxylic acids is 1. The van der Waals surface area contributed by atoms with Crippen molar-refractivity contribution in [3.8, 4) is 5.88 Å². The number of ether oxygens (including phenoxy) is 2. The van der Waals surface area contributed by atoms with Gasteiger partial charge in [0.15, 0.2) is 11.8 Å². The zero-order valence-electron chi connectivity index (χ0n) is 20.1. The molecule has 0 spiro atoms. The quantitative estimate of drug-likeness (QED) is 0.446. The molecule has 0 bridgehead atoms. The fraction of sp³-hybridized carbons (Fsp3) is 0.708. The first-order chi connectivity index (χ1) is 16.8. The van der Waals surface area contributed by atoms with E-state index in [-0.39, 0.29) is 5.88 Å². The summed E-state index contributed by atoms with van der Waals surface area (Å²) in [6, 6.07) is 0. The lowest BCUT2D eigenvalue weighted by Crippen LogP contribution is -2.61. The number of rotatable bonds is 6. The zero-order valence-corrected chi connectivity index (χ0v) is 20.1. The van der Waals surface area contributed by atoms with Gasteiger partial charge in [0, 0.05) is 30.5 Å². The number of hydrogen-bond donors (Lipinski definition) is 4. The Labute approximate surface area is 203 Å². The molecular weight excluding hydrogens is 456 g/mol. The molecule has 2 aromatic rings. The molecule has 4 N–H and O–H groups in total. The topological polar surface area (TPSA) is 150 Å². The molecule has 5 unspecified atom stereocenters. The fourth-order valence-electron chi connectivity index (χ4n) is 5.75. The van der Waals surface area contributed by atoms with Crippen LogP contribution in [0.3, 0.4) is 0 Å². The number of hydrogen-bond acceptors (Lipinski definition) is 9. The highest BCUT2D eigenvalue weighted by Gasteiger charge is 2.48. The van der Waals surface area contributed by atoms with Crippen LogP contribution in [0.5, 0.6) is 5.88 Å². The number of aromatic nitrogens is 3. The van der Waals surface area contributed by atoms with E-state index in [1.54, 1.807) is 4.68 Å². The highest BCUT2D eigenvalue weighted by atomic mass is 16.7. The third-order valence-electron chi connectivity index (χ3n) is 7.52. The minimum absolute atomic E-state index is 0.248. The summed E-state index contributed by atoms with van der Waals surface area (Å²) < 4.78 is 13.1. The molecule has 2 aliphatic heterocycles. The van der Waals surface area contributed by atoms with Crippen LogP contribution in [0.1, 0.15) is 55.3 Å². The molecule has 11 nitrogen and oxygen atoms in total. The van der Waals surface area contributed by atoms with Crippen molar-refractivity contribution in [2.45, 2.75) is 82.1 Å². The number of fused-ring (bicyclic) bond motifs is 3. The van der Waals surface area contributed by atoms with Crippen molar-refractivity contribution in [2.75, 3.05) is 19.6 Å². The van der Waals surface area contributed by atoms with Gasteiger partial charge in [-0.3, -0.25) is 4.68 Å². The lowest BCUT2D eigenvalue weighted by Gasteiger charge is -2.38. The first-order valence-corrected chi connectivity index (χ1v) is 12.5. The summed E-state index contributed by atoms with van der Waals surface area (Å²) in [5.41, 5.74) is 3.78. The molecule has 11 heteroatoms. The maximum Gasteiger partial charge on any atom is 0.335 e. The second kappa shape index (κ2) is 9.62. The second-order valence-electron chi connectivity index (χ2n) is 9.93. The Hall–Kier alpha value is -2.31. The number of pyridine rings is 1. The molecule has 2 fully saturated rings. The predicted octanol–water partition coefficient (Wildman–Crippen LogP) is 0.317. The van der Waals surface area contributed by atoms with Crippen molar-refractivity contribution in [1.29, 1.82) is 0 Å². The SMILES string of the molecule is CCCN1CC[C@H](c2nn(C)c3nc(OC4OC(C(=O)O)C(O)C(O)C4O)c4c(c23)CCCC4)C1. The standard InChI is InChI=1S/C24H34N4O7/c1-3-9-28-10-8-12(11-28)16-15-13-6-4-5-7-14(13)22(25-21(15)27(2)26-16)35-24-19(31)17(29)18(30)20(34-24)23(32)33/h12,17-20,24,29-31H,3-11H2,1-2H3,(H,32,33)/t12-,17?,18?,19?,20?,24?/m0/s1. The van der Waals surface area contributed by atoms with Crippen molar-refractivity contribution in [3.63, 3.8) is 0 Å². The van der Waals surface area contributed by atoms with Crippen molar-refractivity contribution >= 4 is 17.0 Å². The molecule has 2 aromatic heterocycles. The number of carboxylic acid groups (broad SMARTS) is 1. The number of aryl methyl sites for hydroxylation is 2. The summed E-state index contributed by atoms with van der Waals surface area (Å²) in [5.74, 6) is -0.869. The largest absolute Gasteiger partial charge is 0.479 e. The Morgan fingerprint density at radius 3 is 2.60 bits per heavy atom. The van der Waals surface area contributed by atoms with Gasteiger partial charge >= 0.3 is 5.97 Å². The molecule has 0 aromatic carbocycles. The van der Waals surface area contributed by atoms with E-state index in [9.17, 15) is 25.2 Å². The molecule has 192 valence electrons. The van der Waals surface area contributed by atoms with Gasteiger partial charge in [0.05, 0.1) is 5.69 Å². The van der Waals surface area contributed by atoms with Crippen LogP contribution in [-0.4, -0.2) is 96.4 Å². The van der Waals surface area contributed by atoms with Crippen molar-refractivity contribution < 1.29 is 34.7 Å². The molecular formula is C24H34N4O7. The normalized spacial score (nSPS) is 31.6. The van der Waals surface area contributed by atoms with Crippen LogP contribution in [0.4, 0.5) is 0 Å². The average molecular weight is 491 g/mol. The number of nitrogens with zero attached hydrogens (tertiary/aromatic N) is 4. The number of likely N-dealkylation sites (tertiary alicyclic amines) is 1. The Kier molecular flexibility index (Phi) is 6.71. The van der Waals surface area contributed by atoms with Crippen LogP contribution in [0, 0.1) is 0 Å². The monoisotopic (exact) mass is 490 g/mol. The summed E-state index contributed by atoms with van der Waals surface area (Å²) >= 11 is 0. The van der Waals surface area contributed by atoms with Gasteiger partial charge < -0.3 is 34.8 Å². The molecule has 2 saturated heterocycles. The molecule has 0 saturated carbocycles. The van der Waals surface area contributed by atoms with Gasteiger partial charge in [-0.1, -0.05) is 6.92 Å². The van der Waals surface area contributed by atoms with E-state index in [0.29, 0.717) is 11.6 Å². The number of aliphatic hydroxyl groups excluding tert-OH is 3. The molecule has 4 heterocycles. The summed E-state index contributed by atoms with van der Waals surface area (Å²) in [6.07, 6.45) is -2.63. The maximum atomic E-state index is 11.5. The Balaban J connectivity index is 1.52. The van der Waals surface area contributed by atoms with E-state index in [2.05, 4.69) is 11.8 Å². The van der Waals surface area contributed by atoms with Gasteiger partial charge in [0.1, 0.15) is 18.3 Å². The third kappa shape index (κ3) is 4.29. The minimum atomic E-state index is -1.77. The van der Waals surface area contributed by atoms with Crippen LogP contribution < -0.4 is 4.74 Å². The Bertz CT molecular complexity index is 1110. The van der Waals surface area contributed by atoms with Gasteiger partial charge in [0.25, 0.3) is 0 Å². The van der Waals surface area contributed by atoms with E-state index < -0.39 is 36.7 Å². The van der Waals surface area contributed by atoms with E-state index in [1.165, 1.54) is 0 Å². The van der Waals surface area contributed by atoms with Gasteiger partial charge in [-0.2, -0.15) is 10.1 Å². The second-order valence-corrected chi connectivity index (χ2v) is 9.93. The van der Waals surface area contributed by atoms with E-state index >= 15 is 0 Å². The van der Waals surface area contributed by atoms with Crippen LogP contribution in [0.15, 0.2) is 0 Å². The first-order valence-electron chi connectivity index (χ1n) is 12.5. The molecule has 3 aliphatic rings. The van der Waals surface area contributed by atoms with Crippen LogP contribution in [0.25, 0.3) is 11.0 Å². The highest BCUT2D eigenvalue weighted by Crippen LogP contribution is 2.40. The van der Waals surface area contributed by atoms with E-state index in [4.69, 9.17) is 19.6 Å². The predicted molar refractivity (Wildman–Crippen MR) is 124 cm³/mol. The van der Waals surface area contributed by atoms with Gasteiger partial charge in [0.2, 0.25) is 12.2 Å². The molecule has 6 atom stereocenters. The lowest BCUT2D eigenvalue weighted by molar-refractivity contribution is -0.271. The maximum absolute atomic E-state index is 11.5. The van der Waals surface area contributed by atoms with Crippen LogP contribution in [-0.2, 0) is 29.4 Å². The number of aliphatic hydroxyl groups is 3. The van der Waals surface area contributed by atoms with Crippen molar-refractivity contribution in [2.24, 2.45) is 7.05 Å². The van der Waals surface area contributed by atoms with Gasteiger partial charge in [-0.25, -0.2) is 4.79 Å². The van der Waals surface area contributed by atoms with Gasteiger partial charge in [-0.05, 0) is 57.2 Å². The average Bonchev–Trinajstić information content (AvgIpc) is 3.44. The van der Waals surface area contributed by atoms with Crippen LogP contribution in [0.2, 0.25) is 0 Å². The van der Waals surface area contributed by atoms with Gasteiger partial charge in [-0.15, -0.1) is 0 Å². The summed E-state index contributed by atoms with van der Waals surface area (Å²) in [5, 5.41) is 45.9. The Morgan fingerprint density at radius 2 is 1.89 bits per heavy atom. The highest BCUT2D eigenvalue weighted by molar-refractivity contribution is 5.85. The zero-order chi connectivity index (χ0) is 24.9. The first kappa shape index (κ1) is 24.4. The molecule has 35 heavy (non-hydrogen) atoms. The number of carbonyl (C=O) groups is 1. The summed E-state index contributed by atoms with van der Waals surface area (Å²) in [4.78, 5) is 18.7. The molecule has 0 radical (unpaired) electrons. The fourth-order valence-corrected chi connectivity index (χ4v) is 5.75. The molecule has 0 amide bonds. The van der Waals surface area contributed by atoms with E-state index in [0.717, 1.165) is 80.4 Å². The molecule has 1 aliphatic carbocycles. The number of carboxylic acids is 1. The van der Waals surface area contributed by atoms with Crippen molar-refractivity contribution in [1.82, 2.24) is 19.7 Å². The summed E-state index contributed by atoms with van der Waals surface area (Å²) in [6.45, 7) is 5.31. The smallest absolute Gasteiger partial charge is 0.335 e. The summed E-state index contributed by atoms with van der Waals surface area (Å²) in [7, 11) is 1.85. The third-order valence-corrected chi connectivity index (χ3v) is 7.52. The van der Waals surface area contributed by atoms with Crippen molar-refractivity contribution in [3.05, 3.63) is 16.8 Å². The van der Waals surface area contributed by atoms with Crippen LogP contribution >= 0.6 is 0 Å². The molecule has 5 rings (SSSR count). The minimum Gasteiger partial charge on any atom is -0.479 e. The lowest BCUT2D eigenvalue weighted by atomic mass is 9.88.